The van der Waals surface area contributed by atoms with Gasteiger partial charge in [-0.2, -0.15) is 0 Å². The van der Waals surface area contributed by atoms with E-state index >= 15 is 0 Å². The van der Waals surface area contributed by atoms with Gasteiger partial charge in [-0.3, -0.25) is 9.59 Å². The quantitative estimate of drug-likeness (QED) is 0.824. The molecule has 0 aromatic heterocycles. The zero-order valence-electron chi connectivity index (χ0n) is 9.90. The molecular formula is C12H12F2N2O3. The van der Waals surface area contributed by atoms with Crippen molar-refractivity contribution in [3.05, 3.63) is 35.4 Å². The number of benzene rings is 1. The van der Waals surface area contributed by atoms with E-state index in [4.69, 9.17) is 10.8 Å². The van der Waals surface area contributed by atoms with Gasteiger partial charge in [0, 0.05) is 13.1 Å². The smallest absolute Gasteiger partial charge is 0.325 e. The van der Waals surface area contributed by atoms with E-state index in [1.54, 1.807) is 0 Å². The number of amides is 1. The highest BCUT2D eigenvalue weighted by atomic mass is 19.1. The summed E-state index contributed by atoms with van der Waals surface area (Å²) >= 11 is 0. The minimum atomic E-state index is -1.56. The number of aliphatic carboxylic acids is 1. The van der Waals surface area contributed by atoms with Gasteiger partial charge in [-0.25, -0.2) is 8.78 Å². The van der Waals surface area contributed by atoms with E-state index in [1.807, 2.05) is 0 Å². The molecule has 1 amide bonds. The van der Waals surface area contributed by atoms with E-state index < -0.39 is 34.6 Å². The number of nitrogens with zero attached hydrogens (tertiary/aromatic N) is 1. The molecule has 0 aliphatic carbocycles. The van der Waals surface area contributed by atoms with Crippen LogP contribution in [0.2, 0.25) is 0 Å². The number of nitrogens with two attached hydrogens (primary N) is 1. The third-order valence-corrected chi connectivity index (χ3v) is 3.19. The van der Waals surface area contributed by atoms with Crippen molar-refractivity contribution in [3.8, 4) is 0 Å². The summed E-state index contributed by atoms with van der Waals surface area (Å²) in [5, 5.41) is 8.94. The molecule has 1 atom stereocenters. The maximum Gasteiger partial charge on any atom is 0.325 e. The standard InChI is InChI=1S/C12H12F2N2O3/c13-7-2-1-3-8(14)9(7)10(17)16-5-4-12(15,6-16)11(18)19/h1-3H,4-6,15H2,(H,18,19). The largest absolute Gasteiger partial charge is 0.480 e. The molecule has 1 aromatic rings. The molecule has 0 bridgehead atoms. The summed E-state index contributed by atoms with van der Waals surface area (Å²) in [5.74, 6) is -4.08. The second kappa shape index (κ2) is 4.58. The molecule has 5 nitrogen and oxygen atoms in total. The SMILES string of the molecule is NC1(C(=O)O)CCN(C(=O)c2c(F)cccc2F)C1. The van der Waals surface area contributed by atoms with Crippen molar-refractivity contribution in [2.45, 2.75) is 12.0 Å². The molecule has 102 valence electrons. The number of carbonyl (C=O) groups excluding carboxylic acids is 1. The first-order valence-corrected chi connectivity index (χ1v) is 5.61. The predicted octanol–water partition coefficient (Wildman–Crippen LogP) is 0.593. The molecule has 1 aliphatic rings. The number of carboxylic acids is 1. The Bertz CT molecular complexity index is 530. The third-order valence-electron chi connectivity index (χ3n) is 3.19. The van der Waals surface area contributed by atoms with Crippen LogP contribution in [0.4, 0.5) is 8.78 Å². The van der Waals surface area contributed by atoms with E-state index in [1.165, 1.54) is 0 Å². The highest BCUT2D eigenvalue weighted by Gasteiger charge is 2.43. The third kappa shape index (κ3) is 2.28. The Hall–Kier alpha value is -2.02. The first-order chi connectivity index (χ1) is 8.85. The summed E-state index contributed by atoms with van der Waals surface area (Å²) in [5.41, 5.74) is 3.36. The highest BCUT2D eigenvalue weighted by Crippen LogP contribution is 2.23. The minimum absolute atomic E-state index is 0.0458. The first kappa shape index (κ1) is 13.4. The van der Waals surface area contributed by atoms with Gasteiger partial charge in [0.15, 0.2) is 0 Å². The van der Waals surface area contributed by atoms with Crippen molar-refractivity contribution >= 4 is 11.9 Å². The normalized spacial score (nSPS) is 22.6. The summed E-state index contributed by atoms with van der Waals surface area (Å²) in [4.78, 5) is 24.0. The molecule has 2 rings (SSSR count). The van der Waals surface area contributed by atoms with E-state index in [2.05, 4.69) is 0 Å². The van der Waals surface area contributed by atoms with Gasteiger partial charge in [0.05, 0.1) is 0 Å². The number of carbonyl (C=O) groups is 2. The lowest BCUT2D eigenvalue weighted by Gasteiger charge is -2.20. The van der Waals surface area contributed by atoms with Crippen LogP contribution in [0.1, 0.15) is 16.8 Å². The molecule has 1 unspecified atom stereocenters. The number of likely N-dealkylation sites (tertiary alicyclic amines) is 1. The zero-order valence-corrected chi connectivity index (χ0v) is 9.90. The monoisotopic (exact) mass is 270 g/mol. The van der Waals surface area contributed by atoms with Crippen molar-refractivity contribution in [3.63, 3.8) is 0 Å². The molecule has 7 heteroatoms. The second-order valence-electron chi connectivity index (χ2n) is 4.53. The Kier molecular flexibility index (Phi) is 3.23. The summed E-state index contributed by atoms with van der Waals surface area (Å²) < 4.78 is 26.9. The Balaban J connectivity index is 2.25. The topological polar surface area (TPSA) is 83.6 Å². The second-order valence-corrected chi connectivity index (χ2v) is 4.53. The molecule has 1 heterocycles. The molecule has 19 heavy (non-hydrogen) atoms. The van der Waals surface area contributed by atoms with Crippen LogP contribution in [-0.2, 0) is 4.79 Å². The summed E-state index contributed by atoms with van der Waals surface area (Å²) in [6, 6.07) is 3.09. The summed E-state index contributed by atoms with van der Waals surface area (Å²) in [7, 11) is 0. The molecule has 0 radical (unpaired) electrons. The van der Waals surface area contributed by atoms with Gasteiger partial charge in [-0.05, 0) is 18.6 Å². The molecule has 3 N–H and O–H groups in total. The van der Waals surface area contributed by atoms with Gasteiger partial charge in [0.1, 0.15) is 22.7 Å². The van der Waals surface area contributed by atoms with Crippen LogP contribution in [0.3, 0.4) is 0 Å². The lowest BCUT2D eigenvalue weighted by molar-refractivity contribution is -0.142. The number of hydrogen-bond acceptors (Lipinski definition) is 3. The molecule has 1 saturated heterocycles. The van der Waals surface area contributed by atoms with Crippen molar-refractivity contribution in [1.29, 1.82) is 0 Å². The first-order valence-electron chi connectivity index (χ1n) is 5.61. The molecule has 1 aromatic carbocycles. The molecule has 1 aliphatic heterocycles. The fraction of sp³-hybridized carbons (Fsp3) is 0.333. The number of carboxylic acid groups (broad SMARTS) is 1. The van der Waals surface area contributed by atoms with Gasteiger partial charge in [0.2, 0.25) is 0 Å². The van der Waals surface area contributed by atoms with E-state index in [0.717, 1.165) is 23.1 Å². The number of hydrogen-bond donors (Lipinski definition) is 2. The fourth-order valence-electron chi connectivity index (χ4n) is 2.04. The summed E-state index contributed by atoms with van der Waals surface area (Å²) in [6.45, 7) is -0.218. The lowest BCUT2D eigenvalue weighted by Crippen LogP contribution is -2.50. The Labute approximate surface area is 107 Å². The molecule has 1 fully saturated rings. The molecule has 0 saturated carbocycles. The Morgan fingerprint density at radius 2 is 1.89 bits per heavy atom. The van der Waals surface area contributed by atoms with Gasteiger partial charge in [-0.1, -0.05) is 6.07 Å². The maximum absolute atomic E-state index is 13.5. The van der Waals surface area contributed by atoms with Crippen molar-refractivity contribution < 1.29 is 23.5 Å². The van der Waals surface area contributed by atoms with Gasteiger partial charge in [0.25, 0.3) is 5.91 Å². The van der Waals surface area contributed by atoms with Crippen LogP contribution >= 0.6 is 0 Å². The van der Waals surface area contributed by atoms with Crippen molar-refractivity contribution in [1.82, 2.24) is 4.90 Å². The highest BCUT2D eigenvalue weighted by molar-refractivity contribution is 5.96. The predicted molar refractivity (Wildman–Crippen MR) is 61.4 cm³/mol. The van der Waals surface area contributed by atoms with Crippen LogP contribution < -0.4 is 5.73 Å². The van der Waals surface area contributed by atoms with E-state index in [0.29, 0.717) is 0 Å². The Morgan fingerprint density at radius 1 is 1.32 bits per heavy atom. The van der Waals surface area contributed by atoms with Crippen molar-refractivity contribution in [2.75, 3.05) is 13.1 Å². The molecular weight excluding hydrogens is 258 g/mol. The van der Waals surface area contributed by atoms with Crippen LogP contribution in [0.25, 0.3) is 0 Å². The summed E-state index contributed by atoms with van der Waals surface area (Å²) in [6.07, 6.45) is 0.0458. The van der Waals surface area contributed by atoms with Crippen LogP contribution in [0.15, 0.2) is 18.2 Å². The van der Waals surface area contributed by atoms with E-state index in [-0.39, 0.29) is 19.5 Å². The minimum Gasteiger partial charge on any atom is -0.480 e. The number of halogens is 2. The lowest BCUT2D eigenvalue weighted by atomic mass is 10.0. The zero-order chi connectivity index (χ0) is 14.2. The average molecular weight is 270 g/mol. The van der Waals surface area contributed by atoms with Gasteiger partial charge < -0.3 is 15.7 Å². The van der Waals surface area contributed by atoms with E-state index in [9.17, 15) is 18.4 Å². The molecule has 0 spiro atoms. The Morgan fingerprint density at radius 3 is 2.37 bits per heavy atom. The number of rotatable bonds is 2. The maximum atomic E-state index is 13.5. The van der Waals surface area contributed by atoms with Crippen LogP contribution in [-0.4, -0.2) is 40.5 Å². The average Bonchev–Trinajstić information content (AvgIpc) is 2.73. The van der Waals surface area contributed by atoms with Gasteiger partial charge in [-0.15, -0.1) is 0 Å². The fourth-order valence-corrected chi connectivity index (χ4v) is 2.04. The van der Waals surface area contributed by atoms with Crippen molar-refractivity contribution in [2.24, 2.45) is 5.73 Å². The van der Waals surface area contributed by atoms with Crippen LogP contribution in [0.5, 0.6) is 0 Å². The van der Waals surface area contributed by atoms with Crippen LogP contribution in [0, 0.1) is 11.6 Å². The van der Waals surface area contributed by atoms with Gasteiger partial charge >= 0.3 is 5.97 Å².